The van der Waals surface area contributed by atoms with E-state index in [1.807, 2.05) is 6.07 Å². The van der Waals surface area contributed by atoms with Crippen molar-refractivity contribution < 1.29 is 4.42 Å². The highest BCUT2D eigenvalue weighted by Crippen LogP contribution is 2.51. The van der Waals surface area contributed by atoms with Crippen LogP contribution in [0.2, 0.25) is 0 Å². The van der Waals surface area contributed by atoms with E-state index in [-0.39, 0.29) is 12.2 Å². The number of fused-ring (bicyclic) bond motifs is 4. The number of anilines is 2. The van der Waals surface area contributed by atoms with Gasteiger partial charge in [0.2, 0.25) is 0 Å². The van der Waals surface area contributed by atoms with Gasteiger partial charge in [0.05, 0.1) is 17.4 Å². The first kappa shape index (κ1) is 20.2. The molecule has 0 N–H and O–H groups in total. The summed E-state index contributed by atoms with van der Waals surface area (Å²) >= 11 is 0. The second-order valence-corrected chi connectivity index (χ2v) is 9.75. The molecule has 0 saturated carbocycles. The molecule has 33 heavy (non-hydrogen) atoms. The highest BCUT2D eigenvalue weighted by atomic mass is 16.3. The van der Waals surface area contributed by atoms with Crippen molar-refractivity contribution in [3.05, 3.63) is 95.1 Å². The highest BCUT2D eigenvalue weighted by Gasteiger charge is 2.43. The van der Waals surface area contributed by atoms with Crippen LogP contribution in [0.3, 0.4) is 0 Å². The lowest BCUT2D eigenvalue weighted by Gasteiger charge is -2.42. The first-order valence-corrected chi connectivity index (χ1v) is 11.8. The zero-order valence-corrected chi connectivity index (χ0v) is 20.0. The van der Waals surface area contributed by atoms with Crippen LogP contribution in [0.15, 0.2) is 88.4 Å². The van der Waals surface area contributed by atoms with Gasteiger partial charge in [0.1, 0.15) is 17.3 Å². The molecule has 1 aliphatic carbocycles. The van der Waals surface area contributed by atoms with E-state index < -0.39 is 0 Å². The van der Waals surface area contributed by atoms with Crippen molar-refractivity contribution in [2.45, 2.75) is 39.9 Å². The van der Waals surface area contributed by atoms with E-state index in [4.69, 9.17) is 4.42 Å². The summed E-state index contributed by atoms with van der Waals surface area (Å²) in [6, 6.07) is 21.9. The largest absolute Gasteiger partial charge is 0.456 e. The molecule has 2 aliphatic rings. The van der Waals surface area contributed by atoms with E-state index >= 15 is 0 Å². The lowest BCUT2D eigenvalue weighted by Crippen LogP contribution is -2.45. The van der Waals surface area contributed by atoms with Crippen LogP contribution in [0.4, 0.5) is 11.4 Å². The Morgan fingerprint density at radius 1 is 0.818 bits per heavy atom. The Kier molecular flexibility index (Phi) is 4.45. The van der Waals surface area contributed by atoms with Crippen molar-refractivity contribution in [2.24, 2.45) is 5.92 Å². The molecule has 3 unspecified atom stereocenters. The Hall–Kier alpha value is -3.46. The Morgan fingerprint density at radius 2 is 1.55 bits per heavy atom. The van der Waals surface area contributed by atoms with Gasteiger partial charge in [-0.1, -0.05) is 72.7 Å². The van der Waals surface area contributed by atoms with Gasteiger partial charge < -0.3 is 14.2 Å². The Morgan fingerprint density at radius 3 is 2.33 bits per heavy atom. The maximum Gasteiger partial charge on any atom is 0.142 e. The minimum atomic E-state index is 0.0502. The predicted molar refractivity (Wildman–Crippen MR) is 139 cm³/mol. The van der Waals surface area contributed by atoms with Crippen LogP contribution in [0, 0.1) is 12.8 Å². The number of hydrogen-bond acceptors (Lipinski definition) is 3. The molecule has 3 aromatic carbocycles. The van der Waals surface area contributed by atoms with Crippen LogP contribution in [0.25, 0.3) is 21.9 Å². The molecule has 0 fully saturated rings. The Balaban J connectivity index is 1.62. The van der Waals surface area contributed by atoms with Crippen molar-refractivity contribution in [1.29, 1.82) is 0 Å². The van der Waals surface area contributed by atoms with Gasteiger partial charge in [-0.2, -0.15) is 0 Å². The maximum absolute atomic E-state index is 6.55. The van der Waals surface area contributed by atoms with Gasteiger partial charge in [-0.05, 0) is 50.5 Å². The molecule has 0 bridgehead atoms. The summed E-state index contributed by atoms with van der Waals surface area (Å²) in [5.41, 5.74) is 9.78. The molecule has 1 aliphatic heterocycles. The molecule has 1 aromatic heterocycles. The Labute approximate surface area is 195 Å². The van der Waals surface area contributed by atoms with Crippen LogP contribution < -0.4 is 9.80 Å². The SMILES string of the molecule is CC1=CC(C)C(N2c3ccccc3N(C)C2c2c(C)ccc3c2oc2ccccc23)C(C)=C1. The fourth-order valence-corrected chi connectivity index (χ4v) is 6.18. The molecule has 4 aromatic rings. The van der Waals surface area contributed by atoms with E-state index in [1.165, 1.54) is 44.4 Å². The standard InChI is InChI=1S/C30H30N2O/c1-18-16-20(3)28(21(4)17-18)32-25-12-8-7-11-24(25)31(5)30(32)27-19(2)14-15-23-22-10-6-9-13-26(22)33-29(23)27/h6-17,20,28,30H,1-5H3. The van der Waals surface area contributed by atoms with Gasteiger partial charge in [0.25, 0.3) is 0 Å². The zero-order chi connectivity index (χ0) is 22.9. The lowest BCUT2D eigenvalue weighted by molar-refractivity contribution is 0.489. The molecule has 0 saturated heterocycles. The monoisotopic (exact) mass is 434 g/mol. The fourth-order valence-electron chi connectivity index (χ4n) is 6.18. The molecule has 0 radical (unpaired) electrons. The van der Waals surface area contributed by atoms with Crippen LogP contribution in [-0.2, 0) is 0 Å². The average Bonchev–Trinajstić information content (AvgIpc) is 3.29. The molecule has 3 heteroatoms. The number of hydrogen-bond donors (Lipinski definition) is 0. The van der Waals surface area contributed by atoms with E-state index in [0.717, 1.165) is 11.2 Å². The quantitative estimate of drug-likeness (QED) is 0.321. The first-order chi connectivity index (χ1) is 16.0. The minimum absolute atomic E-state index is 0.0502. The molecule has 0 amide bonds. The Bertz CT molecular complexity index is 1460. The van der Waals surface area contributed by atoms with Crippen molar-refractivity contribution >= 4 is 33.3 Å². The third-order valence-electron chi connectivity index (χ3n) is 7.48. The van der Waals surface area contributed by atoms with Crippen molar-refractivity contribution in [1.82, 2.24) is 0 Å². The molecule has 3 nitrogen and oxygen atoms in total. The van der Waals surface area contributed by atoms with Crippen LogP contribution in [0.1, 0.15) is 38.1 Å². The van der Waals surface area contributed by atoms with Gasteiger partial charge in [0.15, 0.2) is 0 Å². The van der Waals surface area contributed by atoms with Gasteiger partial charge in [0, 0.05) is 23.4 Å². The summed E-state index contributed by atoms with van der Waals surface area (Å²) in [6.45, 7) is 9.05. The molecule has 2 heterocycles. The van der Waals surface area contributed by atoms with Crippen LogP contribution in [-0.4, -0.2) is 13.1 Å². The zero-order valence-electron chi connectivity index (χ0n) is 20.0. The number of aryl methyl sites for hydroxylation is 1. The topological polar surface area (TPSA) is 19.6 Å². The fraction of sp³-hybridized carbons (Fsp3) is 0.267. The summed E-state index contributed by atoms with van der Waals surface area (Å²) in [6.07, 6.45) is 4.80. The number of benzene rings is 3. The number of allylic oxidation sites excluding steroid dienone is 2. The van der Waals surface area contributed by atoms with E-state index in [0.29, 0.717) is 5.92 Å². The van der Waals surface area contributed by atoms with Gasteiger partial charge in [-0.25, -0.2) is 0 Å². The number of nitrogens with zero attached hydrogens (tertiary/aromatic N) is 2. The first-order valence-electron chi connectivity index (χ1n) is 11.8. The number of para-hydroxylation sites is 3. The molecule has 166 valence electrons. The molecule has 3 atom stereocenters. The van der Waals surface area contributed by atoms with Gasteiger partial charge in [-0.3, -0.25) is 0 Å². The molecular formula is C30H30N2O. The maximum atomic E-state index is 6.55. The lowest BCUT2D eigenvalue weighted by atomic mass is 9.85. The third-order valence-corrected chi connectivity index (χ3v) is 7.48. The summed E-state index contributed by atoms with van der Waals surface area (Å²) in [4.78, 5) is 5.05. The van der Waals surface area contributed by atoms with E-state index in [9.17, 15) is 0 Å². The van der Waals surface area contributed by atoms with Crippen molar-refractivity contribution in [3.8, 4) is 0 Å². The second kappa shape index (κ2) is 7.28. The summed E-state index contributed by atoms with van der Waals surface area (Å²) in [5.74, 6) is 0.409. The number of furan rings is 1. The van der Waals surface area contributed by atoms with Gasteiger partial charge in [-0.15, -0.1) is 0 Å². The third kappa shape index (κ3) is 2.88. The summed E-state index contributed by atoms with van der Waals surface area (Å²) < 4.78 is 6.55. The summed E-state index contributed by atoms with van der Waals surface area (Å²) in [5, 5.41) is 2.37. The van der Waals surface area contributed by atoms with Crippen LogP contribution in [0.5, 0.6) is 0 Å². The van der Waals surface area contributed by atoms with E-state index in [1.54, 1.807) is 0 Å². The molecule has 6 rings (SSSR count). The molecular weight excluding hydrogens is 404 g/mol. The number of rotatable bonds is 2. The normalized spacial score (nSPS) is 22.6. The van der Waals surface area contributed by atoms with Crippen molar-refractivity contribution in [2.75, 3.05) is 16.8 Å². The highest BCUT2D eigenvalue weighted by molar-refractivity contribution is 6.06. The average molecular weight is 435 g/mol. The summed E-state index contributed by atoms with van der Waals surface area (Å²) in [7, 11) is 2.22. The van der Waals surface area contributed by atoms with Crippen LogP contribution >= 0.6 is 0 Å². The smallest absolute Gasteiger partial charge is 0.142 e. The second-order valence-electron chi connectivity index (χ2n) is 9.75. The predicted octanol–water partition coefficient (Wildman–Crippen LogP) is 7.76. The van der Waals surface area contributed by atoms with Crippen molar-refractivity contribution in [3.63, 3.8) is 0 Å². The minimum Gasteiger partial charge on any atom is -0.456 e. The molecule has 0 spiro atoms. The van der Waals surface area contributed by atoms with E-state index in [2.05, 4.69) is 111 Å². The van der Waals surface area contributed by atoms with Gasteiger partial charge >= 0.3 is 0 Å².